The second-order valence-electron chi connectivity index (χ2n) is 6.09. The Hall–Kier alpha value is -2.18. The van der Waals surface area contributed by atoms with Crippen molar-refractivity contribution in [3.05, 3.63) is 29.8 Å². The highest BCUT2D eigenvalue weighted by Gasteiger charge is 2.35. The molecule has 3 rings (SSSR count). The first-order valence-electron chi connectivity index (χ1n) is 7.27. The number of ether oxygens (including phenoxy) is 2. The standard InChI is InChI=1S/C16H16F3NO3/c1-15(2)9-12(20-7-3-4-14(20)21)11-8-10(22-16(17,18)19)5-6-13(11)23-15/h5-6,8-9H,3-4,7H2,1-2H3. The van der Waals surface area contributed by atoms with Crippen molar-refractivity contribution in [3.63, 3.8) is 0 Å². The number of fused-ring (bicyclic) bond motifs is 1. The van der Waals surface area contributed by atoms with E-state index < -0.39 is 12.0 Å². The molecule has 2 aliphatic heterocycles. The van der Waals surface area contributed by atoms with Crippen LogP contribution in [-0.4, -0.2) is 29.3 Å². The molecule has 0 unspecified atom stereocenters. The number of benzene rings is 1. The van der Waals surface area contributed by atoms with Crippen LogP contribution in [0.15, 0.2) is 24.3 Å². The van der Waals surface area contributed by atoms with Gasteiger partial charge in [-0.3, -0.25) is 4.79 Å². The van der Waals surface area contributed by atoms with E-state index in [0.29, 0.717) is 30.0 Å². The summed E-state index contributed by atoms with van der Waals surface area (Å²) in [4.78, 5) is 13.6. The lowest BCUT2D eigenvalue weighted by Crippen LogP contribution is -2.34. The van der Waals surface area contributed by atoms with Crippen molar-refractivity contribution < 1.29 is 27.4 Å². The molecule has 0 bridgehead atoms. The third-order valence-corrected chi connectivity index (χ3v) is 3.68. The lowest BCUT2D eigenvalue weighted by atomic mass is 9.98. The maximum Gasteiger partial charge on any atom is 0.573 e. The third kappa shape index (κ3) is 3.28. The Morgan fingerprint density at radius 2 is 2.04 bits per heavy atom. The molecule has 23 heavy (non-hydrogen) atoms. The molecule has 1 aromatic rings. The summed E-state index contributed by atoms with van der Waals surface area (Å²) < 4.78 is 47.0. The van der Waals surface area contributed by atoms with Gasteiger partial charge in [-0.05, 0) is 44.5 Å². The summed E-state index contributed by atoms with van der Waals surface area (Å²) in [6.07, 6.45) is -1.84. The molecule has 1 amide bonds. The first-order chi connectivity index (χ1) is 10.6. The quantitative estimate of drug-likeness (QED) is 0.831. The van der Waals surface area contributed by atoms with Crippen LogP contribution >= 0.6 is 0 Å². The van der Waals surface area contributed by atoms with Gasteiger partial charge in [-0.2, -0.15) is 0 Å². The van der Waals surface area contributed by atoms with Crippen molar-refractivity contribution in [2.45, 2.75) is 38.7 Å². The van der Waals surface area contributed by atoms with Gasteiger partial charge in [-0.25, -0.2) is 0 Å². The van der Waals surface area contributed by atoms with Gasteiger partial charge in [0, 0.05) is 18.5 Å². The van der Waals surface area contributed by atoms with Crippen molar-refractivity contribution in [3.8, 4) is 11.5 Å². The molecule has 1 saturated heterocycles. The highest BCUT2D eigenvalue weighted by Crippen LogP contribution is 2.41. The van der Waals surface area contributed by atoms with E-state index in [1.807, 2.05) is 13.8 Å². The number of nitrogens with zero attached hydrogens (tertiary/aromatic N) is 1. The first-order valence-corrected chi connectivity index (χ1v) is 7.27. The van der Waals surface area contributed by atoms with Crippen molar-refractivity contribution in [2.75, 3.05) is 6.54 Å². The van der Waals surface area contributed by atoms with Gasteiger partial charge in [0.25, 0.3) is 0 Å². The summed E-state index contributed by atoms with van der Waals surface area (Å²) in [5.41, 5.74) is 0.352. The van der Waals surface area contributed by atoms with E-state index in [1.165, 1.54) is 18.2 Å². The van der Waals surface area contributed by atoms with Crippen molar-refractivity contribution in [1.82, 2.24) is 4.90 Å². The van der Waals surface area contributed by atoms with E-state index in [4.69, 9.17) is 4.74 Å². The van der Waals surface area contributed by atoms with Crippen molar-refractivity contribution in [1.29, 1.82) is 0 Å². The molecule has 1 aromatic carbocycles. The van der Waals surface area contributed by atoms with E-state index >= 15 is 0 Å². The highest BCUT2D eigenvalue weighted by molar-refractivity contribution is 5.90. The van der Waals surface area contributed by atoms with Crippen LogP contribution in [0.2, 0.25) is 0 Å². The summed E-state index contributed by atoms with van der Waals surface area (Å²) in [6, 6.07) is 3.90. The Bertz CT molecular complexity index is 680. The van der Waals surface area contributed by atoms with Gasteiger partial charge in [0.2, 0.25) is 5.91 Å². The van der Waals surface area contributed by atoms with E-state index in [1.54, 1.807) is 11.0 Å². The van der Waals surface area contributed by atoms with E-state index in [-0.39, 0.29) is 11.7 Å². The molecule has 2 heterocycles. The van der Waals surface area contributed by atoms with Crippen LogP contribution in [0.5, 0.6) is 11.5 Å². The fourth-order valence-corrected chi connectivity index (χ4v) is 2.84. The normalized spacial score (nSPS) is 20.0. The van der Waals surface area contributed by atoms with E-state index in [9.17, 15) is 18.0 Å². The zero-order valence-electron chi connectivity index (χ0n) is 12.7. The topological polar surface area (TPSA) is 38.8 Å². The maximum absolute atomic E-state index is 12.4. The van der Waals surface area contributed by atoms with Gasteiger partial charge < -0.3 is 14.4 Å². The molecule has 0 atom stereocenters. The van der Waals surface area contributed by atoms with Crippen LogP contribution in [0.4, 0.5) is 13.2 Å². The molecule has 0 aliphatic carbocycles. The average Bonchev–Trinajstić information content (AvgIpc) is 2.82. The number of likely N-dealkylation sites (tertiary alicyclic amines) is 1. The Kier molecular flexibility index (Phi) is 3.54. The van der Waals surface area contributed by atoms with Crippen molar-refractivity contribution >= 4 is 11.6 Å². The van der Waals surface area contributed by atoms with E-state index in [2.05, 4.69) is 4.74 Å². The fraction of sp³-hybridized carbons (Fsp3) is 0.438. The molecule has 1 fully saturated rings. The largest absolute Gasteiger partial charge is 0.573 e. The summed E-state index contributed by atoms with van der Waals surface area (Å²) in [6.45, 7) is 4.21. The molecule has 2 aliphatic rings. The summed E-state index contributed by atoms with van der Waals surface area (Å²) >= 11 is 0. The van der Waals surface area contributed by atoms with E-state index in [0.717, 1.165) is 6.42 Å². The van der Waals surface area contributed by atoms with Gasteiger partial charge in [0.1, 0.15) is 17.1 Å². The monoisotopic (exact) mass is 327 g/mol. The van der Waals surface area contributed by atoms with Crippen LogP contribution in [0, 0.1) is 0 Å². The number of halogens is 3. The van der Waals surface area contributed by atoms with Crippen LogP contribution in [-0.2, 0) is 4.79 Å². The fourth-order valence-electron chi connectivity index (χ4n) is 2.84. The Labute approximate surface area is 131 Å². The summed E-state index contributed by atoms with van der Waals surface area (Å²) in [7, 11) is 0. The van der Waals surface area contributed by atoms with Gasteiger partial charge in [0.05, 0.1) is 5.70 Å². The highest BCUT2D eigenvalue weighted by atomic mass is 19.4. The zero-order valence-corrected chi connectivity index (χ0v) is 12.7. The summed E-state index contributed by atoms with van der Waals surface area (Å²) in [5, 5.41) is 0. The summed E-state index contributed by atoms with van der Waals surface area (Å²) in [5.74, 6) is 0.0564. The lowest BCUT2D eigenvalue weighted by Gasteiger charge is -2.34. The van der Waals surface area contributed by atoms with Crippen LogP contribution in [0.25, 0.3) is 5.70 Å². The zero-order chi connectivity index (χ0) is 16.8. The number of amides is 1. The van der Waals surface area contributed by atoms with Crippen LogP contribution < -0.4 is 9.47 Å². The first kappa shape index (κ1) is 15.7. The van der Waals surface area contributed by atoms with Gasteiger partial charge in [-0.1, -0.05) is 0 Å². The minimum absolute atomic E-state index is 0.0398. The smallest absolute Gasteiger partial charge is 0.483 e. The second-order valence-corrected chi connectivity index (χ2v) is 6.09. The minimum Gasteiger partial charge on any atom is -0.483 e. The third-order valence-electron chi connectivity index (χ3n) is 3.68. The minimum atomic E-state index is -4.77. The molecule has 4 nitrogen and oxygen atoms in total. The molecular weight excluding hydrogens is 311 g/mol. The molecular formula is C16H16F3NO3. The molecule has 0 aromatic heterocycles. The molecule has 0 saturated carbocycles. The molecule has 7 heteroatoms. The molecule has 124 valence electrons. The average molecular weight is 327 g/mol. The number of alkyl halides is 3. The number of rotatable bonds is 2. The van der Waals surface area contributed by atoms with Gasteiger partial charge >= 0.3 is 6.36 Å². The van der Waals surface area contributed by atoms with Gasteiger partial charge in [0.15, 0.2) is 0 Å². The molecule has 0 spiro atoms. The predicted molar refractivity (Wildman–Crippen MR) is 76.8 cm³/mol. The number of hydrogen-bond acceptors (Lipinski definition) is 3. The van der Waals surface area contributed by atoms with Gasteiger partial charge in [-0.15, -0.1) is 13.2 Å². The van der Waals surface area contributed by atoms with Crippen LogP contribution in [0.1, 0.15) is 32.3 Å². The number of hydrogen-bond donors (Lipinski definition) is 0. The molecule has 0 radical (unpaired) electrons. The van der Waals surface area contributed by atoms with Crippen LogP contribution in [0.3, 0.4) is 0 Å². The SMILES string of the molecule is CC1(C)C=C(N2CCCC2=O)c2cc(OC(F)(F)F)ccc2O1. The predicted octanol–water partition coefficient (Wildman–Crippen LogP) is 3.72. The Balaban J connectivity index is 2.04. The van der Waals surface area contributed by atoms with Crippen molar-refractivity contribution in [2.24, 2.45) is 0 Å². The lowest BCUT2D eigenvalue weighted by molar-refractivity contribution is -0.274. The maximum atomic E-state index is 12.4. The second kappa shape index (κ2) is 5.18. The molecule has 0 N–H and O–H groups in total. The number of carbonyl (C=O) groups is 1. The number of carbonyl (C=O) groups excluding carboxylic acids is 1. The Morgan fingerprint density at radius 3 is 2.65 bits per heavy atom. The Morgan fingerprint density at radius 1 is 1.30 bits per heavy atom.